The second kappa shape index (κ2) is 24.5. The van der Waals surface area contributed by atoms with E-state index in [0.29, 0.717) is 19.4 Å². The lowest BCUT2D eigenvalue weighted by Crippen LogP contribution is -2.44. The van der Waals surface area contributed by atoms with Gasteiger partial charge < -0.3 is 21.5 Å². The molecule has 0 aromatic heterocycles. The number of unbranched alkanes of at least 4 members (excludes halogenated alkanes) is 16. The van der Waals surface area contributed by atoms with E-state index in [1.807, 2.05) is 0 Å². The van der Waals surface area contributed by atoms with E-state index in [1.54, 1.807) is 0 Å². The Hall–Kier alpha value is -1.14. The van der Waals surface area contributed by atoms with Crippen LogP contribution in [0.25, 0.3) is 0 Å². The fraction of sp³-hybridized carbons (Fsp3) is 0.923. The Morgan fingerprint density at radius 1 is 0.719 bits per heavy atom. The van der Waals surface area contributed by atoms with Crippen LogP contribution in [0.4, 0.5) is 0 Å². The Kier molecular flexibility index (Phi) is 23.6. The first kappa shape index (κ1) is 30.9. The lowest BCUT2D eigenvalue weighted by atomic mass is 10.0. The molecule has 0 aromatic carbocycles. The Bertz CT molecular complexity index is 433. The summed E-state index contributed by atoms with van der Waals surface area (Å²) < 4.78 is 0. The average Bonchev–Trinajstić information content (AvgIpc) is 2.77. The summed E-state index contributed by atoms with van der Waals surface area (Å²) in [5, 5.41) is 14.9. The fourth-order valence-corrected chi connectivity index (χ4v) is 4.00. The highest BCUT2D eigenvalue weighted by Crippen LogP contribution is 2.13. The van der Waals surface area contributed by atoms with E-state index >= 15 is 0 Å². The molecule has 6 heteroatoms. The second-order valence-electron chi connectivity index (χ2n) is 9.22. The molecule has 0 spiro atoms. The van der Waals surface area contributed by atoms with Gasteiger partial charge in [-0.1, -0.05) is 103 Å². The quantitative estimate of drug-likeness (QED) is 0.135. The standard InChI is InChI=1S/C26H53N3O3/c1-2-3-4-5-6-7-8-9-10-11-12-13-14-15-16-19-22-28-23-25(30)29-24(26(31)32)20-17-18-21-27/h24,28H,2-23,27H2,1H3,(H,29,30)(H,31,32)/t24-/m0/s1. The fourth-order valence-electron chi connectivity index (χ4n) is 4.00. The molecule has 0 rings (SSSR count). The maximum atomic E-state index is 11.9. The number of carboxylic acid groups (broad SMARTS) is 1. The van der Waals surface area contributed by atoms with Gasteiger partial charge in [-0.3, -0.25) is 4.79 Å². The number of carbonyl (C=O) groups excluding carboxylic acids is 1. The zero-order valence-electron chi connectivity index (χ0n) is 21.0. The van der Waals surface area contributed by atoms with Crippen LogP contribution in [0.2, 0.25) is 0 Å². The number of rotatable bonds is 25. The number of amides is 1. The molecular formula is C26H53N3O3. The molecule has 5 N–H and O–H groups in total. The Balaban J connectivity index is 3.36. The van der Waals surface area contributed by atoms with Gasteiger partial charge in [-0.05, 0) is 38.8 Å². The summed E-state index contributed by atoms with van der Waals surface area (Å²) >= 11 is 0. The normalized spacial score (nSPS) is 12.1. The van der Waals surface area contributed by atoms with Gasteiger partial charge in [0, 0.05) is 0 Å². The summed E-state index contributed by atoms with van der Waals surface area (Å²) in [7, 11) is 0. The number of hydrogen-bond acceptors (Lipinski definition) is 4. The third-order valence-corrected chi connectivity index (χ3v) is 6.07. The molecule has 0 aliphatic carbocycles. The first-order chi connectivity index (χ1) is 15.6. The van der Waals surface area contributed by atoms with Crippen molar-refractivity contribution in [2.45, 2.75) is 135 Å². The number of aliphatic carboxylic acids is 1. The van der Waals surface area contributed by atoms with E-state index in [1.165, 1.54) is 96.3 Å². The highest BCUT2D eigenvalue weighted by Gasteiger charge is 2.18. The lowest BCUT2D eigenvalue weighted by molar-refractivity contribution is -0.141. The van der Waals surface area contributed by atoms with Crippen molar-refractivity contribution in [3.8, 4) is 0 Å². The van der Waals surface area contributed by atoms with Crippen molar-refractivity contribution >= 4 is 11.9 Å². The van der Waals surface area contributed by atoms with Gasteiger partial charge in [0.1, 0.15) is 6.04 Å². The van der Waals surface area contributed by atoms with Crippen molar-refractivity contribution in [1.29, 1.82) is 0 Å². The minimum Gasteiger partial charge on any atom is -0.480 e. The van der Waals surface area contributed by atoms with Gasteiger partial charge in [0.05, 0.1) is 6.54 Å². The number of hydrogen-bond donors (Lipinski definition) is 4. The summed E-state index contributed by atoms with van der Waals surface area (Å²) in [4.78, 5) is 23.1. The molecule has 6 nitrogen and oxygen atoms in total. The molecule has 0 aliphatic heterocycles. The van der Waals surface area contributed by atoms with E-state index in [9.17, 15) is 14.7 Å². The second-order valence-corrected chi connectivity index (χ2v) is 9.22. The smallest absolute Gasteiger partial charge is 0.326 e. The van der Waals surface area contributed by atoms with E-state index in [-0.39, 0.29) is 12.5 Å². The predicted octanol–water partition coefficient (Wildman–Crippen LogP) is 5.54. The molecule has 0 radical (unpaired) electrons. The van der Waals surface area contributed by atoms with Crippen molar-refractivity contribution in [3.63, 3.8) is 0 Å². The summed E-state index contributed by atoms with van der Waals surface area (Å²) in [6.07, 6.45) is 23.5. The van der Waals surface area contributed by atoms with E-state index < -0.39 is 12.0 Å². The Labute approximate surface area is 197 Å². The number of carbonyl (C=O) groups is 2. The topological polar surface area (TPSA) is 104 Å². The molecule has 32 heavy (non-hydrogen) atoms. The molecule has 0 fully saturated rings. The van der Waals surface area contributed by atoms with Crippen molar-refractivity contribution in [2.75, 3.05) is 19.6 Å². The summed E-state index contributed by atoms with van der Waals surface area (Å²) in [5.74, 6) is -1.23. The van der Waals surface area contributed by atoms with Crippen LogP contribution in [-0.4, -0.2) is 42.7 Å². The minimum absolute atomic E-state index is 0.180. The molecule has 190 valence electrons. The third kappa shape index (κ3) is 22.1. The predicted molar refractivity (Wildman–Crippen MR) is 135 cm³/mol. The van der Waals surface area contributed by atoms with Gasteiger partial charge in [-0.15, -0.1) is 0 Å². The summed E-state index contributed by atoms with van der Waals surface area (Å²) in [6, 6.07) is -0.814. The van der Waals surface area contributed by atoms with Gasteiger partial charge >= 0.3 is 5.97 Å². The highest BCUT2D eigenvalue weighted by atomic mass is 16.4. The zero-order valence-corrected chi connectivity index (χ0v) is 21.0. The molecular weight excluding hydrogens is 402 g/mol. The molecule has 0 saturated heterocycles. The largest absolute Gasteiger partial charge is 0.480 e. The van der Waals surface area contributed by atoms with E-state index in [0.717, 1.165) is 19.4 Å². The van der Waals surface area contributed by atoms with Crippen LogP contribution in [-0.2, 0) is 9.59 Å². The molecule has 0 heterocycles. The van der Waals surface area contributed by atoms with Crippen LogP contribution in [0.15, 0.2) is 0 Å². The van der Waals surface area contributed by atoms with Gasteiger partial charge in [0.25, 0.3) is 0 Å². The number of nitrogens with two attached hydrogens (primary N) is 1. The van der Waals surface area contributed by atoms with Crippen molar-refractivity contribution < 1.29 is 14.7 Å². The number of carboxylic acids is 1. The average molecular weight is 456 g/mol. The summed E-state index contributed by atoms with van der Waals surface area (Å²) in [6.45, 7) is 3.80. The van der Waals surface area contributed by atoms with Crippen LogP contribution < -0.4 is 16.4 Å². The number of nitrogens with one attached hydrogen (secondary N) is 2. The van der Waals surface area contributed by atoms with Crippen LogP contribution in [0, 0.1) is 0 Å². The van der Waals surface area contributed by atoms with Crippen LogP contribution in [0.1, 0.15) is 129 Å². The molecule has 0 bridgehead atoms. The first-order valence-corrected chi connectivity index (χ1v) is 13.5. The van der Waals surface area contributed by atoms with Crippen LogP contribution in [0.5, 0.6) is 0 Å². The van der Waals surface area contributed by atoms with Crippen LogP contribution in [0.3, 0.4) is 0 Å². The third-order valence-electron chi connectivity index (χ3n) is 6.07. The first-order valence-electron chi connectivity index (χ1n) is 13.5. The van der Waals surface area contributed by atoms with Gasteiger partial charge in [-0.25, -0.2) is 4.79 Å². The Morgan fingerprint density at radius 3 is 1.62 bits per heavy atom. The molecule has 0 unspecified atom stereocenters. The zero-order chi connectivity index (χ0) is 23.7. The van der Waals surface area contributed by atoms with Crippen molar-refractivity contribution in [2.24, 2.45) is 5.73 Å². The minimum atomic E-state index is -0.979. The molecule has 0 saturated carbocycles. The SMILES string of the molecule is CCCCCCCCCCCCCCCCCCNCC(=O)N[C@@H](CCCCN)C(=O)O. The highest BCUT2D eigenvalue weighted by molar-refractivity contribution is 5.84. The van der Waals surface area contributed by atoms with Crippen molar-refractivity contribution in [3.05, 3.63) is 0 Å². The molecule has 0 aromatic rings. The maximum absolute atomic E-state index is 11.9. The molecule has 0 aliphatic rings. The van der Waals surface area contributed by atoms with Gasteiger partial charge in [0.15, 0.2) is 0 Å². The van der Waals surface area contributed by atoms with E-state index in [2.05, 4.69) is 17.6 Å². The Morgan fingerprint density at radius 2 is 1.19 bits per heavy atom. The molecule has 1 atom stereocenters. The lowest BCUT2D eigenvalue weighted by Gasteiger charge is -2.14. The van der Waals surface area contributed by atoms with E-state index in [4.69, 9.17) is 5.73 Å². The van der Waals surface area contributed by atoms with Gasteiger partial charge in [-0.2, -0.15) is 0 Å². The molecule has 1 amide bonds. The van der Waals surface area contributed by atoms with Gasteiger partial charge in [0.2, 0.25) is 5.91 Å². The monoisotopic (exact) mass is 455 g/mol. The van der Waals surface area contributed by atoms with Crippen molar-refractivity contribution in [1.82, 2.24) is 10.6 Å². The summed E-state index contributed by atoms with van der Waals surface area (Å²) in [5.41, 5.74) is 5.43. The maximum Gasteiger partial charge on any atom is 0.326 e. The van der Waals surface area contributed by atoms with Crippen LogP contribution >= 0.6 is 0 Å².